The first kappa shape index (κ1) is 12.5. The van der Waals surface area contributed by atoms with Crippen LogP contribution in [0.4, 0.5) is 5.95 Å². The lowest BCUT2D eigenvalue weighted by atomic mass is 9.82. The Morgan fingerprint density at radius 2 is 2.05 bits per heavy atom. The van der Waals surface area contributed by atoms with Crippen LogP contribution in [0.2, 0.25) is 0 Å². The van der Waals surface area contributed by atoms with E-state index in [0.29, 0.717) is 5.41 Å². The Morgan fingerprint density at radius 1 is 1.32 bits per heavy atom. The van der Waals surface area contributed by atoms with Crippen molar-refractivity contribution in [1.29, 1.82) is 0 Å². The van der Waals surface area contributed by atoms with Crippen LogP contribution >= 0.6 is 0 Å². The first-order valence-corrected chi connectivity index (χ1v) is 6.91. The molecule has 0 saturated carbocycles. The van der Waals surface area contributed by atoms with Gasteiger partial charge in [0.2, 0.25) is 5.95 Å². The van der Waals surface area contributed by atoms with Crippen molar-refractivity contribution in [2.45, 2.75) is 19.8 Å². The SMILES string of the molecule is Cn1c(NCC2(C)CCOCC2)nc2ccccc21. The van der Waals surface area contributed by atoms with Crippen LogP contribution in [0.3, 0.4) is 0 Å². The molecule has 0 atom stereocenters. The van der Waals surface area contributed by atoms with Gasteiger partial charge < -0.3 is 14.6 Å². The first-order valence-electron chi connectivity index (χ1n) is 6.91. The summed E-state index contributed by atoms with van der Waals surface area (Å²) in [6.07, 6.45) is 2.23. The molecular formula is C15H21N3O. The predicted molar refractivity (Wildman–Crippen MR) is 77.4 cm³/mol. The van der Waals surface area contributed by atoms with Gasteiger partial charge in [0.25, 0.3) is 0 Å². The molecule has 1 aromatic carbocycles. The molecule has 1 aliphatic heterocycles. The molecule has 0 radical (unpaired) electrons. The van der Waals surface area contributed by atoms with E-state index in [0.717, 1.165) is 44.1 Å². The van der Waals surface area contributed by atoms with E-state index >= 15 is 0 Å². The second-order valence-corrected chi connectivity index (χ2v) is 5.76. The van der Waals surface area contributed by atoms with Crippen molar-refractivity contribution in [1.82, 2.24) is 9.55 Å². The van der Waals surface area contributed by atoms with Crippen LogP contribution in [0.15, 0.2) is 24.3 Å². The molecule has 0 bridgehead atoms. The Labute approximate surface area is 113 Å². The lowest BCUT2D eigenvalue weighted by Crippen LogP contribution is -2.33. The summed E-state index contributed by atoms with van der Waals surface area (Å²) in [7, 11) is 2.06. The summed E-state index contributed by atoms with van der Waals surface area (Å²) in [4.78, 5) is 4.65. The molecule has 0 unspecified atom stereocenters. The average Bonchev–Trinajstić information content (AvgIpc) is 2.75. The summed E-state index contributed by atoms with van der Waals surface area (Å²) < 4.78 is 7.56. The predicted octanol–water partition coefficient (Wildman–Crippen LogP) is 2.80. The summed E-state index contributed by atoms with van der Waals surface area (Å²) in [6.45, 7) is 5.03. The first-order chi connectivity index (χ1) is 9.18. The summed E-state index contributed by atoms with van der Waals surface area (Å²) in [6, 6.07) is 8.23. The molecule has 1 N–H and O–H groups in total. The number of aryl methyl sites for hydroxylation is 1. The molecule has 4 heteroatoms. The Hall–Kier alpha value is -1.55. The van der Waals surface area contributed by atoms with Crippen molar-refractivity contribution in [3.05, 3.63) is 24.3 Å². The maximum atomic E-state index is 5.44. The van der Waals surface area contributed by atoms with E-state index in [9.17, 15) is 0 Å². The third-order valence-corrected chi connectivity index (χ3v) is 4.16. The van der Waals surface area contributed by atoms with Crippen molar-refractivity contribution in [3.63, 3.8) is 0 Å². The molecule has 0 spiro atoms. The highest BCUT2D eigenvalue weighted by Crippen LogP contribution is 2.30. The lowest BCUT2D eigenvalue weighted by molar-refractivity contribution is 0.0299. The number of hydrogen-bond acceptors (Lipinski definition) is 3. The van der Waals surface area contributed by atoms with Crippen molar-refractivity contribution in [2.24, 2.45) is 12.5 Å². The maximum absolute atomic E-state index is 5.44. The van der Waals surface area contributed by atoms with Gasteiger partial charge in [0.15, 0.2) is 0 Å². The number of para-hydroxylation sites is 2. The smallest absolute Gasteiger partial charge is 0.203 e. The van der Waals surface area contributed by atoms with Gasteiger partial charge in [-0.05, 0) is 30.4 Å². The number of nitrogens with zero attached hydrogens (tertiary/aromatic N) is 2. The van der Waals surface area contributed by atoms with Gasteiger partial charge in [0.05, 0.1) is 11.0 Å². The second kappa shape index (κ2) is 4.85. The molecular weight excluding hydrogens is 238 g/mol. The third kappa shape index (κ3) is 2.45. The number of aromatic nitrogens is 2. The van der Waals surface area contributed by atoms with Crippen molar-refractivity contribution >= 4 is 17.0 Å². The lowest BCUT2D eigenvalue weighted by Gasteiger charge is -2.33. The van der Waals surface area contributed by atoms with E-state index < -0.39 is 0 Å². The van der Waals surface area contributed by atoms with Gasteiger partial charge in [-0.15, -0.1) is 0 Å². The fraction of sp³-hybridized carbons (Fsp3) is 0.533. The van der Waals surface area contributed by atoms with Crippen LogP contribution in [0.5, 0.6) is 0 Å². The molecule has 2 heterocycles. The zero-order valence-corrected chi connectivity index (χ0v) is 11.6. The van der Waals surface area contributed by atoms with E-state index in [4.69, 9.17) is 4.74 Å². The molecule has 0 amide bonds. The van der Waals surface area contributed by atoms with Gasteiger partial charge in [-0.25, -0.2) is 4.98 Å². The normalized spacial score (nSPS) is 18.6. The van der Waals surface area contributed by atoms with E-state index in [-0.39, 0.29) is 0 Å². The number of hydrogen-bond donors (Lipinski definition) is 1. The Morgan fingerprint density at radius 3 is 2.79 bits per heavy atom. The van der Waals surface area contributed by atoms with Gasteiger partial charge in [0, 0.05) is 26.8 Å². The highest BCUT2D eigenvalue weighted by atomic mass is 16.5. The molecule has 1 fully saturated rings. The molecule has 3 rings (SSSR count). The van der Waals surface area contributed by atoms with Gasteiger partial charge in [0.1, 0.15) is 0 Å². The van der Waals surface area contributed by atoms with Crippen LogP contribution in [0, 0.1) is 5.41 Å². The number of fused-ring (bicyclic) bond motifs is 1. The van der Waals surface area contributed by atoms with Crippen LogP contribution < -0.4 is 5.32 Å². The minimum absolute atomic E-state index is 0.316. The van der Waals surface area contributed by atoms with Gasteiger partial charge >= 0.3 is 0 Å². The molecule has 2 aromatic rings. The number of benzene rings is 1. The zero-order chi connectivity index (χ0) is 13.3. The van der Waals surface area contributed by atoms with Crippen LogP contribution in [-0.4, -0.2) is 29.3 Å². The quantitative estimate of drug-likeness (QED) is 0.921. The molecule has 1 aromatic heterocycles. The van der Waals surface area contributed by atoms with E-state index in [1.54, 1.807) is 0 Å². The number of ether oxygens (including phenoxy) is 1. The van der Waals surface area contributed by atoms with Gasteiger partial charge in [-0.2, -0.15) is 0 Å². The summed E-state index contributed by atoms with van der Waals surface area (Å²) in [5.41, 5.74) is 2.53. The second-order valence-electron chi connectivity index (χ2n) is 5.76. The topological polar surface area (TPSA) is 39.1 Å². The highest BCUT2D eigenvalue weighted by molar-refractivity contribution is 5.78. The fourth-order valence-corrected chi connectivity index (χ4v) is 2.64. The summed E-state index contributed by atoms with van der Waals surface area (Å²) in [5.74, 6) is 0.953. The van der Waals surface area contributed by atoms with Crippen molar-refractivity contribution in [3.8, 4) is 0 Å². The Balaban J connectivity index is 1.76. The molecule has 1 aliphatic rings. The molecule has 19 heavy (non-hydrogen) atoms. The van der Waals surface area contributed by atoms with E-state index in [1.165, 1.54) is 5.52 Å². The van der Waals surface area contributed by atoms with Crippen molar-refractivity contribution in [2.75, 3.05) is 25.1 Å². The number of imidazole rings is 1. The monoisotopic (exact) mass is 259 g/mol. The Bertz CT molecular complexity index is 570. The van der Waals surface area contributed by atoms with Crippen LogP contribution in [-0.2, 0) is 11.8 Å². The minimum Gasteiger partial charge on any atom is -0.381 e. The minimum atomic E-state index is 0.316. The largest absolute Gasteiger partial charge is 0.381 e. The number of rotatable bonds is 3. The molecule has 102 valence electrons. The number of nitrogens with one attached hydrogen (secondary N) is 1. The van der Waals surface area contributed by atoms with Gasteiger partial charge in [-0.3, -0.25) is 0 Å². The van der Waals surface area contributed by atoms with Crippen LogP contribution in [0.25, 0.3) is 11.0 Å². The number of anilines is 1. The molecule has 1 saturated heterocycles. The summed E-state index contributed by atoms with van der Waals surface area (Å²) >= 11 is 0. The fourth-order valence-electron chi connectivity index (χ4n) is 2.64. The highest BCUT2D eigenvalue weighted by Gasteiger charge is 2.27. The van der Waals surface area contributed by atoms with Crippen LogP contribution in [0.1, 0.15) is 19.8 Å². The van der Waals surface area contributed by atoms with E-state index in [1.807, 2.05) is 12.1 Å². The van der Waals surface area contributed by atoms with Gasteiger partial charge in [-0.1, -0.05) is 19.1 Å². The third-order valence-electron chi connectivity index (χ3n) is 4.16. The summed E-state index contributed by atoms with van der Waals surface area (Å²) in [5, 5.41) is 3.51. The average molecular weight is 259 g/mol. The molecule has 4 nitrogen and oxygen atoms in total. The molecule has 0 aliphatic carbocycles. The zero-order valence-electron chi connectivity index (χ0n) is 11.6. The standard InChI is InChI=1S/C15H21N3O/c1-15(7-9-19-10-8-15)11-16-14-17-12-5-3-4-6-13(12)18(14)2/h3-6H,7-11H2,1-2H3,(H,16,17). The Kier molecular flexibility index (Phi) is 3.19. The maximum Gasteiger partial charge on any atom is 0.203 e. The van der Waals surface area contributed by atoms with E-state index in [2.05, 4.69) is 41.0 Å². The van der Waals surface area contributed by atoms with Crippen molar-refractivity contribution < 1.29 is 4.74 Å².